The summed E-state index contributed by atoms with van der Waals surface area (Å²) in [5, 5.41) is -18.0. The predicted octanol–water partition coefficient (Wildman–Crippen LogP) is 3.36. The smallest absolute Gasteiger partial charge is 0.272 e. The molecule has 3 aliphatic rings. The molecule has 0 spiro atoms. The summed E-state index contributed by atoms with van der Waals surface area (Å²) in [6.45, 7) is 0. The molecule has 2 aliphatic heterocycles. The second kappa shape index (κ2) is 11.2. The van der Waals surface area contributed by atoms with Crippen LogP contribution in [0.2, 0.25) is 0 Å². The molecule has 32 heteroatoms. The maximum absolute atomic E-state index is 14.0. The molecule has 4 atom stereocenters. The molecule has 2 saturated heterocycles. The number of rotatable bonds is 10. The van der Waals surface area contributed by atoms with Crippen molar-refractivity contribution in [2.24, 2.45) is 23.7 Å². The van der Waals surface area contributed by atoms with Gasteiger partial charge >= 0.3 is 66.8 Å². The Morgan fingerprint density at radius 3 is 0.800 bits per heavy atom. The van der Waals surface area contributed by atoms with Crippen molar-refractivity contribution in [1.82, 2.24) is 10.1 Å². The van der Waals surface area contributed by atoms with Gasteiger partial charge in [-0.05, 0) is 12.8 Å². The number of alkyl halides is 18. The van der Waals surface area contributed by atoms with Crippen molar-refractivity contribution < 1.29 is 124 Å². The van der Waals surface area contributed by atoms with E-state index >= 15 is 0 Å². The number of hydrogen-bond acceptors (Lipinski definition) is 10. The van der Waals surface area contributed by atoms with Crippen molar-refractivity contribution >= 4 is 43.9 Å². The fourth-order valence-electron chi connectivity index (χ4n) is 4.59. The summed E-state index contributed by atoms with van der Waals surface area (Å²) < 4.78 is 290. The fraction of sp³-hybridized carbons (Fsp3) is 0.778. The molecule has 12 nitrogen and oxygen atoms in total. The number of hydrogen-bond donors (Lipinski definition) is 0. The van der Waals surface area contributed by atoms with Crippen LogP contribution in [0.5, 0.6) is 0 Å². The van der Waals surface area contributed by atoms with Gasteiger partial charge in [0.2, 0.25) is 0 Å². The third kappa shape index (κ3) is 5.36. The molecular weight excluding hydrogens is 810 g/mol. The second-order valence-corrected chi connectivity index (χ2v) is 13.4. The Hall–Kier alpha value is -3.16. The summed E-state index contributed by atoms with van der Waals surface area (Å²) in [6, 6.07) is 0. The number of hydroxylamine groups is 4. The first-order valence-corrected chi connectivity index (χ1v) is 14.7. The largest absolute Gasteiger partial charge is 0.460 e. The zero-order valence-corrected chi connectivity index (χ0v) is 24.0. The Kier molecular flexibility index (Phi) is 9.22. The average Bonchev–Trinajstić information content (AvgIpc) is 3.29. The summed E-state index contributed by atoms with van der Waals surface area (Å²) in [6.07, 6.45) is -18.1. The minimum absolute atomic E-state index is 1.40. The van der Waals surface area contributed by atoms with Gasteiger partial charge in [-0.2, -0.15) is 95.9 Å². The number of fused-ring (bicyclic) bond motifs is 2. The van der Waals surface area contributed by atoms with E-state index in [0.717, 1.165) is 0 Å². The molecule has 288 valence electrons. The number of imide groups is 2. The van der Waals surface area contributed by atoms with Crippen LogP contribution in [0.1, 0.15) is 12.8 Å². The number of nitrogens with zero attached hydrogens (tertiary/aromatic N) is 2. The number of carbonyl (C=O) groups is 4. The van der Waals surface area contributed by atoms with Crippen LogP contribution < -0.4 is 0 Å². The third-order valence-electron chi connectivity index (χ3n) is 7.26. The average molecular weight is 818 g/mol. The van der Waals surface area contributed by atoms with Crippen molar-refractivity contribution in [3.05, 3.63) is 0 Å². The summed E-state index contributed by atoms with van der Waals surface area (Å²) in [5.41, 5.74) is 0. The van der Waals surface area contributed by atoms with Crippen LogP contribution in [0, 0.1) is 23.7 Å². The first-order valence-electron chi connectivity index (χ1n) is 11.8. The van der Waals surface area contributed by atoms with Gasteiger partial charge in [-0.1, -0.05) is 0 Å². The molecule has 3 rings (SSSR count). The first-order chi connectivity index (χ1) is 21.8. The van der Waals surface area contributed by atoms with Crippen LogP contribution in [-0.2, 0) is 48.0 Å². The summed E-state index contributed by atoms with van der Waals surface area (Å²) in [4.78, 5) is 50.1. The summed E-state index contributed by atoms with van der Waals surface area (Å²) in [7, 11) is -15.9. The molecule has 0 bridgehead atoms. The summed E-state index contributed by atoms with van der Waals surface area (Å²) >= 11 is 0. The van der Waals surface area contributed by atoms with Gasteiger partial charge in [0.1, 0.15) is 0 Å². The molecule has 1 aliphatic carbocycles. The highest BCUT2D eigenvalue weighted by atomic mass is 32.2. The lowest BCUT2D eigenvalue weighted by Crippen LogP contribution is -2.64. The van der Waals surface area contributed by atoms with Crippen LogP contribution in [0.3, 0.4) is 0 Å². The molecule has 1 saturated carbocycles. The van der Waals surface area contributed by atoms with E-state index in [9.17, 15) is 115 Å². The van der Waals surface area contributed by atoms with Crippen LogP contribution >= 0.6 is 0 Å². The van der Waals surface area contributed by atoms with Crippen molar-refractivity contribution in [3.8, 4) is 0 Å². The maximum atomic E-state index is 14.0. The number of carbonyl (C=O) groups excluding carboxylic acids is 4. The van der Waals surface area contributed by atoms with Crippen LogP contribution in [-0.4, -0.2) is 97.1 Å². The topological polar surface area (TPSA) is 161 Å². The van der Waals surface area contributed by atoms with E-state index in [1.54, 1.807) is 0 Å². The highest BCUT2D eigenvalue weighted by Crippen LogP contribution is 2.57. The van der Waals surface area contributed by atoms with Crippen molar-refractivity contribution in [2.75, 3.05) is 0 Å². The lowest BCUT2D eigenvalue weighted by molar-refractivity contribution is -0.383. The monoisotopic (exact) mass is 818 g/mol. The minimum atomic E-state index is -7.93. The number of amides is 4. The van der Waals surface area contributed by atoms with E-state index in [4.69, 9.17) is 0 Å². The van der Waals surface area contributed by atoms with Crippen LogP contribution in [0.4, 0.5) is 79.0 Å². The lowest BCUT2D eigenvalue weighted by Gasteiger charge is -2.32. The van der Waals surface area contributed by atoms with Crippen LogP contribution in [0.25, 0.3) is 0 Å². The molecule has 2 heterocycles. The van der Waals surface area contributed by atoms with Gasteiger partial charge in [0.25, 0.3) is 23.6 Å². The Labute approximate surface area is 261 Å². The Morgan fingerprint density at radius 1 is 0.420 bits per heavy atom. The molecule has 0 N–H and O–H groups in total. The van der Waals surface area contributed by atoms with E-state index in [-0.39, 0.29) is 0 Å². The predicted molar refractivity (Wildman–Crippen MR) is 109 cm³/mol. The standard InChI is InChI=1S/C18H8F18N2O10S2/c19-11(20,15(27,28)29)13(23,24)17(33,34)49(43,44)47-37-7(39)3-1-4-6(2-5(3)9(37)41)10(42)38(8(4)40)48-50(45,46)18(35,36)14(25,26)12(21,22)16(30,31)32/h3-6H,1-2H2. The Morgan fingerprint density at radius 2 is 0.620 bits per heavy atom. The highest BCUT2D eigenvalue weighted by molar-refractivity contribution is 7.88. The molecule has 0 aromatic carbocycles. The van der Waals surface area contributed by atoms with E-state index in [0.29, 0.717) is 0 Å². The molecule has 3 fully saturated rings. The fourth-order valence-corrected chi connectivity index (χ4v) is 6.35. The van der Waals surface area contributed by atoms with Gasteiger partial charge in [-0.3, -0.25) is 19.2 Å². The molecule has 4 unspecified atom stereocenters. The van der Waals surface area contributed by atoms with Crippen LogP contribution in [0.15, 0.2) is 0 Å². The Balaban J connectivity index is 1.88. The first kappa shape index (κ1) is 41.3. The van der Waals surface area contributed by atoms with E-state index < -0.39 is 137 Å². The molecule has 4 amide bonds. The summed E-state index contributed by atoms with van der Waals surface area (Å²) in [5.74, 6) is -50.4. The van der Waals surface area contributed by atoms with Crippen molar-refractivity contribution in [3.63, 3.8) is 0 Å². The molecule has 0 aromatic rings. The Bertz CT molecular complexity index is 1540. The zero-order valence-electron chi connectivity index (χ0n) is 22.3. The van der Waals surface area contributed by atoms with E-state index in [1.165, 1.54) is 0 Å². The molecule has 0 aromatic heterocycles. The zero-order chi connectivity index (χ0) is 39.6. The highest BCUT2D eigenvalue weighted by Gasteiger charge is 2.87. The van der Waals surface area contributed by atoms with Gasteiger partial charge in [-0.25, -0.2) is 0 Å². The van der Waals surface area contributed by atoms with Gasteiger partial charge in [0.15, 0.2) is 0 Å². The molecular formula is C18H8F18N2O10S2. The van der Waals surface area contributed by atoms with Gasteiger partial charge in [0, 0.05) is 0 Å². The van der Waals surface area contributed by atoms with E-state index in [2.05, 4.69) is 8.57 Å². The van der Waals surface area contributed by atoms with Gasteiger partial charge < -0.3 is 0 Å². The molecule has 50 heavy (non-hydrogen) atoms. The van der Waals surface area contributed by atoms with Crippen molar-refractivity contribution in [2.45, 2.75) is 59.4 Å². The quantitative estimate of drug-likeness (QED) is 0.236. The third-order valence-corrected chi connectivity index (χ3v) is 9.72. The van der Waals surface area contributed by atoms with E-state index in [1.807, 2.05) is 0 Å². The maximum Gasteiger partial charge on any atom is 0.460 e. The van der Waals surface area contributed by atoms with Gasteiger partial charge in [-0.15, -0.1) is 18.7 Å². The van der Waals surface area contributed by atoms with Crippen molar-refractivity contribution in [1.29, 1.82) is 0 Å². The SMILES string of the molecule is O=C1C2CC3C(=O)N(OS(=O)(=O)C(F)(F)C(F)(F)C(F)(F)C(F)(F)F)C(=O)C3CC2C(=O)N1OS(=O)(=O)C(F)(F)C(F)(F)C(F)(F)C(F)(F)F. The minimum Gasteiger partial charge on any atom is -0.272 e. The molecule has 0 radical (unpaired) electrons. The normalized spacial score (nSPS) is 25.4. The number of halogens is 18. The van der Waals surface area contributed by atoms with Gasteiger partial charge in [0.05, 0.1) is 23.7 Å². The second-order valence-electron chi connectivity index (χ2n) is 10.2. The lowest BCUT2D eigenvalue weighted by atomic mass is 9.70.